The van der Waals surface area contributed by atoms with Gasteiger partial charge in [-0.1, -0.05) is 25.1 Å². The molecule has 0 aliphatic carbocycles. The second-order valence-corrected chi connectivity index (χ2v) is 4.80. The van der Waals surface area contributed by atoms with Gasteiger partial charge in [0.2, 0.25) is 0 Å². The van der Waals surface area contributed by atoms with Crippen LogP contribution < -0.4 is 10.1 Å². The lowest BCUT2D eigenvalue weighted by Crippen LogP contribution is -2.20. The van der Waals surface area contributed by atoms with Crippen LogP contribution in [0.25, 0.3) is 0 Å². The number of rotatable bonds is 7. The summed E-state index contributed by atoms with van der Waals surface area (Å²) in [6, 6.07) is 8.39. The van der Waals surface area contributed by atoms with Gasteiger partial charge in [0.1, 0.15) is 18.7 Å². The van der Waals surface area contributed by atoms with Crippen LogP contribution in [0.2, 0.25) is 0 Å². The molecule has 0 saturated heterocycles. The minimum absolute atomic E-state index is 0.269. The highest BCUT2D eigenvalue weighted by molar-refractivity contribution is 5.35. The number of para-hydroxylation sites is 1. The summed E-state index contributed by atoms with van der Waals surface area (Å²) in [6.45, 7) is 5.74. The first kappa shape index (κ1) is 14.5. The molecule has 0 amide bonds. The Morgan fingerprint density at radius 2 is 2.15 bits per heavy atom. The summed E-state index contributed by atoms with van der Waals surface area (Å²) < 4.78 is 7.62. The lowest BCUT2D eigenvalue weighted by atomic mass is 10.1. The topological polar surface area (TPSA) is 52.0 Å². The summed E-state index contributed by atoms with van der Waals surface area (Å²) in [5, 5.41) is 7.52. The van der Waals surface area contributed by atoms with Gasteiger partial charge in [-0.05, 0) is 26.0 Å². The minimum Gasteiger partial charge on any atom is -0.485 e. The fourth-order valence-electron chi connectivity index (χ4n) is 2.03. The SMILES string of the molecule is CCCNC(C)c1ccccc1OCc1ncnn1C. The number of hydrogen-bond donors (Lipinski definition) is 1. The van der Waals surface area contributed by atoms with Crippen molar-refractivity contribution in [2.75, 3.05) is 6.54 Å². The molecular weight excluding hydrogens is 252 g/mol. The molecule has 1 N–H and O–H groups in total. The summed E-state index contributed by atoms with van der Waals surface area (Å²) in [5.74, 6) is 1.71. The third kappa shape index (κ3) is 3.57. The van der Waals surface area contributed by atoms with E-state index in [4.69, 9.17) is 4.74 Å². The second kappa shape index (κ2) is 7.05. The number of aromatic nitrogens is 3. The molecule has 0 spiro atoms. The number of aryl methyl sites for hydroxylation is 1. The minimum atomic E-state index is 0.269. The van der Waals surface area contributed by atoms with Crippen LogP contribution in [0.4, 0.5) is 0 Å². The van der Waals surface area contributed by atoms with Gasteiger partial charge in [0, 0.05) is 18.7 Å². The number of hydrogen-bond acceptors (Lipinski definition) is 4. The molecule has 5 nitrogen and oxygen atoms in total. The summed E-state index contributed by atoms with van der Waals surface area (Å²) in [5.41, 5.74) is 1.17. The molecule has 1 aromatic heterocycles. The monoisotopic (exact) mass is 274 g/mol. The molecule has 0 fully saturated rings. The van der Waals surface area contributed by atoms with E-state index in [0.717, 1.165) is 24.5 Å². The van der Waals surface area contributed by atoms with E-state index < -0.39 is 0 Å². The molecule has 0 aliphatic heterocycles. The summed E-state index contributed by atoms with van der Waals surface area (Å²) in [7, 11) is 1.86. The molecule has 1 atom stereocenters. The van der Waals surface area contributed by atoms with E-state index in [1.165, 1.54) is 11.9 Å². The smallest absolute Gasteiger partial charge is 0.164 e. The Balaban J connectivity index is 2.05. The maximum Gasteiger partial charge on any atom is 0.164 e. The zero-order chi connectivity index (χ0) is 14.4. The van der Waals surface area contributed by atoms with E-state index in [0.29, 0.717) is 6.61 Å². The molecule has 2 aromatic rings. The fraction of sp³-hybridized carbons (Fsp3) is 0.467. The first-order valence-corrected chi connectivity index (χ1v) is 7.00. The van der Waals surface area contributed by atoms with Crippen molar-refractivity contribution in [1.82, 2.24) is 20.1 Å². The van der Waals surface area contributed by atoms with Crippen LogP contribution in [0.15, 0.2) is 30.6 Å². The summed E-state index contributed by atoms with van der Waals surface area (Å²) >= 11 is 0. The number of nitrogens with zero attached hydrogens (tertiary/aromatic N) is 3. The highest BCUT2D eigenvalue weighted by Gasteiger charge is 2.11. The van der Waals surface area contributed by atoms with Gasteiger partial charge in [-0.3, -0.25) is 4.68 Å². The van der Waals surface area contributed by atoms with Gasteiger partial charge in [-0.25, -0.2) is 4.98 Å². The van der Waals surface area contributed by atoms with Crippen LogP contribution in [0.3, 0.4) is 0 Å². The summed E-state index contributed by atoms with van der Waals surface area (Å²) in [6.07, 6.45) is 2.66. The van der Waals surface area contributed by atoms with Crippen molar-refractivity contribution >= 4 is 0 Å². The van der Waals surface area contributed by atoms with Gasteiger partial charge >= 0.3 is 0 Å². The average molecular weight is 274 g/mol. The van der Waals surface area contributed by atoms with Gasteiger partial charge in [0.05, 0.1) is 0 Å². The van der Waals surface area contributed by atoms with Gasteiger partial charge < -0.3 is 10.1 Å². The number of benzene rings is 1. The molecule has 0 bridgehead atoms. The molecule has 1 heterocycles. The van der Waals surface area contributed by atoms with Crippen molar-refractivity contribution < 1.29 is 4.74 Å². The third-order valence-electron chi connectivity index (χ3n) is 3.25. The number of ether oxygens (including phenoxy) is 1. The van der Waals surface area contributed by atoms with Crippen LogP contribution >= 0.6 is 0 Å². The van der Waals surface area contributed by atoms with Crippen molar-refractivity contribution in [1.29, 1.82) is 0 Å². The maximum atomic E-state index is 5.90. The zero-order valence-corrected chi connectivity index (χ0v) is 12.3. The molecule has 0 radical (unpaired) electrons. The van der Waals surface area contributed by atoms with Crippen LogP contribution in [0.1, 0.15) is 37.7 Å². The van der Waals surface area contributed by atoms with E-state index in [9.17, 15) is 0 Å². The van der Waals surface area contributed by atoms with E-state index >= 15 is 0 Å². The highest BCUT2D eigenvalue weighted by atomic mass is 16.5. The van der Waals surface area contributed by atoms with Gasteiger partial charge in [0.15, 0.2) is 5.82 Å². The van der Waals surface area contributed by atoms with Crippen molar-refractivity contribution in [3.05, 3.63) is 42.0 Å². The molecule has 108 valence electrons. The Bertz CT molecular complexity index is 538. The van der Waals surface area contributed by atoms with Crippen LogP contribution in [0.5, 0.6) is 5.75 Å². The predicted octanol–water partition coefficient (Wildman–Crippen LogP) is 2.45. The fourth-order valence-corrected chi connectivity index (χ4v) is 2.03. The molecule has 5 heteroatoms. The Morgan fingerprint density at radius 3 is 2.85 bits per heavy atom. The molecule has 0 aliphatic rings. The Morgan fingerprint density at radius 1 is 1.35 bits per heavy atom. The lowest BCUT2D eigenvalue weighted by molar-refractivity contribution is 0.284. The largest absolute Gasteiger partial charge is 0.485 e. The van der Waals surface area contributed by atoms with Gasteiger partial charge in [-0.15, -0.1) is 0 Å². The average Bonchev–Trinajstić information content (AvgIpc) is 2.88. The van der Waals surface area contributed by atoms with Crippen molar-refractivity contribution in [3.63, 3.8) is 0 Å². The summed E-state index contributed by atoms with van der Waals surface area (Å²) in [4.78, 5) is 4.17. The third-order valence-corrected chi connectivity index (χ3v) is 3.25. The second-order valence-electron chi connectivity index (χ2n) is 4.80. The molecular formula is C15H22N4O. The predicted molar refractivity (Wildman–Crippen MR) is 78.5 cm³/mol. The van der Waals surface area contributed by atoms with Crippen LogP contribution in [0, 0.1) is 0 Å². The van der Waals surface area contributed by atoms with Crippen LogP contribution in [-0.2, 0) is 13.7 Å². The van der Waals surface area contributed by atoms with Gasteiger partial charge in [0.25, 0.3) is 0 Å². The standard InChI is InChI=1S/C15H22N4O/c1-4-9-16-12(2)13-7-5-6-8-14(13)20-10-15-17-11-18-19(15)3/h5-8,11-12,16H,4,9-10H2,1-3H3. The van der Waals surface area contributed by atoms with E-state index in [-0.39, 0.29) is 6.04 Å². The Labute approximate surface area is 120 Å². The van der Waals surface area contributed by atoms with E-state index in [2.05, 4.69) is 35.3 Å². The first-order chi connectivity index (χ1) is 9.72. The maximum absolute atomic E-state index is 5.90. The Kier molecular flexibility index (Phi) is 5.12. The van der Waals surface area contributed by atoms with Crippen molar-refractivity contribution in [2.24, 2.45) is 7.05 Å². The van der Waals surface area contributed by atoms with Crippen molar-refractivity contribution in [2.45, 2.75) is 32.9 Å². The van der Waals surface area contributed by atoms with Crippen LogP contribution in [-0.4, -0.2) is 21.3 Å². The molecule has 0 saturated carbocycles. The Hall–Kier alpha value is -1.88. The molecule has 1 aromatic carbocycles. The van der Waals surface area contributed by atoms with Crippen molar-refractivity contribution in [3.8, 4) is 5.75 Å². The quantitative estimate of drug-likeness (QED) is 0.842. The lowest BCUT2D eigenvalue weighted by Gasteiger charge is -2.17. The number of nitrogens with one attached hydrogen (secondary N) is 1. The zero-order valence-electron chi connectivity index (χ0n) is 12.3. The molecule has 1 unspecified atom stereocenters. The first-order valence-electron chi connectivity index (χ1n) is 7.00. The molecule has 2 rings (SSSR count). The van der Waals surface area contributed by atoms with Gasteiger partial charge in [-0.2, -0.15) is 5.10 Å². The van der Waals surface area contributed by atoms with E-state index in [1.807, 2.05) is 25.2 Å². The molecule has 20 heavy (non-hydrogen) atoms. The normalized spacial score (nSPS) is 12.3. The highest BCUT2D eigenvalue weighted by Crippen LogP contribution is 2.25. The van der Waals surface area contributed by atoms with E-state index in [1.54, 1.807) is 4.68 Å².